The predicted molar refractivity (Wildman–Crippen MR) is 112 cm³/mol. The molecule has 2 amide bonds. The zero-order valence-electron chi connectivity index (χ0n) is 16.9. The minimum atomic E-state index is -0.374. The third kappa shape index (κ3) is 6.06. The SMILES string of the molecule is CC[C@H](CNC(=O)COc1ccc(CC(N)=O)cc1)N1CCc2ccccc2C1. The first-order chi connectivity index (χ1) is 14.0. The first-order valence-electron chi connectivity index (χ1n) is 10.1. The van der Waals surface area contributed by atoms with Gasteiger partial charge in [-0.05, 0) is 41.7 Å². The molecule has 6 heteroatoms. The minimum Gasteiger partial charge on any atom is -0.484 e. The Morgan fingerprint density at radius 1 is 1.14 bits per heavy atom. The highest BCUT2D eigenvalue weighted by Crippen LogP contribution is 2.21. The highest BCUT2D eigenvalue weighted by molar-refractivity contribution is 5.77. The first-order valence-corrected chi connectivity index (χ1v) is 10.1. The number of primary amides is 1. The maximum Gasteiger partial charge on any atom is 0.257 e. The molecule has 3 N–H and O–H groups in total. The highest BCUT2D eigenvalue weighted by Gasteiger charge is 2.22. The van der Waals surface area contributed by atoms with Gasteiger partial charge in [-0.15, -0.1) is 0 Å². The molecule has 0 radical (unpaired) electrons. The molecule has 2 aromatic carbocycles. The zero-order valence-corrected chi connectivity index (χ0v) is 16.9. The maximum absolute atomic E-state index is 12.2. The molecule has 0 aromatic heterocycles. The van der Waals surface area contributed by atoms with Crippen molar-refractivity contribution >= 4 is 11.8 Å². The summed E-state index contributed by atoms with van der Waals surface area (Å²) in [6.07, 6.45) is 2.22. The van der Waals surface area contributed by atoms with Gasteiger partial charge in [0.2, 0.25) is 5.91 Å². The van der Waals surface area contributed by atoms with Crippen molar-refractivity contribution in [1.82, 2.24) is 10.2 Å². The molecule has 6 nitrogen and oxygen atoms in total. The fourth-order valence-electron chi connectivity index (χ4n) is 3.70. The lowest BCUT2D eigenvalue weighted by atomic mass is 9.98. The number of hydrogen-bond donors (Lipinski definition) is 2. The van der Waals surface area contributed by atoms with E-state index in [1.165, 1.54) is 11.1 Å². The predicted octanol–water partition coefficient (Wildman–Crippen LogP) is 2.05. The molecular weight excluding hydrogens is 366 g/mol. The Hall–Kier alpha value is -2.86. The van der Waals surface area contributed by atoms with Crippen LogP contribution in [-0.2, 0) is 29.0 Å². The van der Waals surface area contributed by atoms with Gasteiger partial charge in [-0.3, -0.25) is 14.5 Å². The summed E-state index contributed by atoms with van der Waals surface area (Å²) in [6.45, 7) is 4.67. The van der Waals surface area contributed by atoms with Crippen LogP contribution in [0.5, 0.6) is 5.75 Å². The molecule has 0 saturated heterocycles. The van der Waals surface area contributed by atoms with Gasteiger partial charge in [0.05, 0.1) is 6.42 Å². The Balaban J connectivity index is 1.44. The molecule has 1 aliphatic heterocycles. The molecule has 2 aromatic rings. The highest BCUT2D eigenvalue weighted by atomic mass is 16.5. The molecule has 0 unspecified atom stereocenters. The van der Waals surface area contributed by atoms with Crippen LogP contribution in [0, 0.1) is 0 Å². The number of nitrogens with one attached hydrogen (secondary N) is 1. The largest absolute Gasteiger partial charge is 0.484 e. The van der Waals surface area contributed by atoms with Gasteiger partial charge < -0.3 is 15.8 Å². The van der Waals surface area contributed by atoms with Crippen molar-refractivity contribution in [1.29, 1.82) is 0 Å². The number of nitrogens with zero attached hydrogens (tertiary/aromatic N) is 1. The number of hydrogen-bond acceptors (Lipinski definition) is 4. The standard InChI is InChI=1S/C23H29N3O3/c1-2-20(26-12-11-18-5-3-4-6-19(18)15-26)14-25-23(28)16-29-21-9-7-17(8-10-21)13-22(24)27/h3-10,20H,2,11-16H2,1H3,(H2,24,27)(H,25,28)/t20-/m1/s1. The van der Waals surface area contributed by atoms with E-state index in [4.69, 9.17) is 10.5 Å². The fraction of sp³-hybridized carbons (Fsp3) is 0.391. The summed E-state index contributed by atoms with van der Waals surface area (Å²) >= 11 is 0. The Labute approximate surface area is 172 Å². The Morgan fingerprint density at radius 3 is 2.55 bits per heavy atom. The van der Waals surface area contributed by atoms with Gasteiger partial charge in [0.15, 0.2) is 6.61 Å². The van der Waals surface area contributed by atoms with Crippen LogP contribution in [-0.4, -0.2) is 42.5 Å². The van der Waals surface area contributed by atoms with Gasteiger partial charge in [0.1, 0.15) is 5.75 Å². The number of benzene rings is 2. The van der Waals surface area contributed by atoms with E-state index in [1.54, 1.807) is 24.3 Å². The number of ether oxygens (including phenoxy) is 1. The Morgan fingerprint density at radius 2 is 1.86 bits per heavy atom. The summed E-state index contributed by atoms with van der Waals surface area (Å²) in [5.41, 5.74) is 8.81. The molecule has 1 heterocycles. The summed E-state index contributed by atoms with van der Waals surface area (Å²) < 4.78 is 5.54. The topological polar surface area (TPSA) is 84.7 Å². The summed E-state index contributed by atoms with van der Waals surface area (Å²) in [5, 5.41) is 3.00. The summed E-state index contributed by atoms with van der Waals surface area (Å²) in [7, 11) is 0. The van der Waals surface area contributed by atoms with Crippen LogP contribution >= 0.6 is 0 Å². The number of rotatable bonds is 9. The van der Waals surface area contributed by atoms with E-state index in [1.807, 2.05) is 0 Å². The van der Waals surface area contributed by atoms with E-state index < -0.39 is 0 Å². The lowest BCUT2D eigenvalue weighted by Crippen LogP contribution is -2.46. The third-order valence-electron chi connectivity index (χ3n) is 5.35. The number of carbonyl (C=O) groups excluding carboxylic acids is 2. The quantitative estimate of drug-likeness (QED) is 0.681. The lowest BCUT2D eigenvalue weighted by molar-refractivity contribution is -0.123. The molecule has 0 aliphatic carbocycles. The van der Waals surface area contributed by atoms with Gasteiger partial charge in [-0.2, -0.15) is 0 Å². The molecule has 3 rings (SSSR count). The molecular formula is C23H29N3O3. The molecule has 154 valence electrons. The van der Waals surface area contributed by atoms with Crippen molar-refractivity contribution in [2.75, 3.05) is 19.7 Å². The normalized spacial score (nSPS) is 14.7. The van der Waals surface area contributed by atoms with Gasteiger partial charge in [0, 0.05) is 25.7 Å². The van der Waals surface area contributed by atoms with Crippen LogP contribution in [0.15, 0.2) is 48.5 Å². The van der Waals surface area contributed by atoms with Crippen molar-refractivity contribution in [2.45, 2.75) is 38.8 Å². The smallest absolute Gasteiger partial charge is 0.257 e. The van der Waals surface area contributed by atoms with Crippen LogP contribution in [0.2, 0.25) is 0 Å². The maximum atomic E-state index is 12.2. The Kier molecular flexibility index (Phi) is 7.25. The summed E-state index contributed by atoms with van der Waals surface area (Å²) in [6, 6.07) is 15.9. The van der Waals surface area contributed by atoms with Crippen molar-refractivity contribution in [3.63, 3.8) is 0 Å². The molecule has 0 fully saturated rings. The van der Waals surface area contributed by atoms with E-state index in [9.17, 15) is 9.59 Å². The van der Waals surface area contributed by atoms with E-state index in [0.29, 0.717) is 18.3 Å². The number of nitrogens with two attached hydrogens (primary N) is 1. The van der Waals surface area contributed by atoms with Gasteiger partial charge >= 0.3 is 0 Å². The first kappa shape index (κ1) is 20.9. The van der Waals surface area contributed by atoms with E-state index in [0.717, 1.165) is 31.5 Å². The van der Waals surface area contributed by atoms with Crippen LogP contribution in [0.4, 0.5) is 0 Å². The van der Waals surface area contributed by atoms with Crippen molar-refractivity contribution < 1.29 is 14.3 Å². The second kappa shape index (κ2) is 10.1. The minimum absolute atomic E-state index is 0.0333. The molecule has 0 spiro atoms. The van der Waals surface area contributed by atoms with Crippen LogP contribution in [0.3, 0.4) is 0 Å². The van der Waals surface area contributed by atoms with Crippen molar-refractivity contribution in [2.24, 2.45) is 5.73 Å². The monoisotopic (exact) mass is 395 g/mol. The lowest BCUT2D eigenvalue weighted by Gasteiger charge is -2.35. The third-order valence-corrected chi connectivity index (χ3v) is 5.35. The van der Waals surface area contributed by atoms with Crippen molar-refractivity contribution in [3.8, 4) is 5.75 Å². The molecule has 1 atom stereocenters. The van der Waals surface area contributed by atoms with Gasteiger partial charge in [-0.1, -0.05) is 43.3 Å². The van der Waals surface area contributed by atoms with Crippen molar-refractivity contribution in [3.05, 3.63) is 65.2 Å². The van der Waals surface area contributed by atoms with Gasteiger partial charge in [0.25, 0.3) is 5.91 Å². The molecule has 0 saturated carbocycles. The number of carbonyl (C=O) groups is 2. The summed E-state index contributed by atoms with van der Waals surface area (Å²) in [5.74, 6) is 0.0795. The average Bonchev–Trinajstić information content (AvgIpc) is 2.73. The number of fused-ring (bicyclic) bond motifs is 1. The van der Waals surface area contributed by atoms with E-state index >= 15 is 0 Å². The Bertz CT molecular complexity index is 836. The summed E-state index contributed by atoms with van der Waals surface area (Å²) in [4.78, 5) is 25.6. The van der Waals surface area contributed by atoms with E-state index in [2.05, 4.69) is 41.4 Å². The molecule has 0 bridgehead atoms. The molecule has 1 aliphatic rings. The zero-order chi connectivity index (χ0) is 20.6. The van der Waals surface area contributed by atoms with Crippen LogP contribution < -0.4 is 15.8 Å². The van der Waals surface area contributed by atoms with Gasteiger partial charge in [-0.25, -0.2) is 0 Å². The second-order valence-electron chi connectivity index (χ2n) is 7.43. The fourth-order valence-corrected chi connectivity index (χ4v) is 3.70. The van der Waals surface area contributed by atoms with Crippen LogP contribution in [0.25, 0.3) is 0 Å². The second-order valence-corrected chi connectivity index (χ2v) is 7.43. The van der Waals surface area contributed by atoms with Crippen LogP contribution in [0.1, 0.15) is 30.0 Å². The number of amides is 2. The van der Waals surface area contributed by atoms with E-state index in [-0.39, 0.29) is 24.8 Å². The molecule has 29 heavy (non-hydrogen) atoms. The average molecular weight is 396 g/mol.